The first kappa shape index (κ1) is 25.2. The highest BCUT2D eigenvalue weighted by atomic mass is 35.5. The zero-order chi connectivity index (χ0) is 24.8. The van der Waals surface area contributed by atoms with Crippen LogP contribution in [0.3, 0.4) is 0 Å². The molecule has 2 aromatic carbocycles. The van der Waals surface area contributed by atoms with Crippen LogP contribution in [0.25, 0.3) is 0 Å². The molecule has 7 heteroatoms. The third-order valence-electron chi connectivity index (χ3n) is 6.59. The van der Waals surface area contributed by atoms with Crippen molar-refractivity contribution in [3.63, 3.8) is 0 Å². The van der Waals surface area contributed by atoms with Crippen molar-refractivity contribution in [1.82, 2.24) is 14.4 Å². The Hall–Kier alpha value is -2.93. The second-order valence-corrected chi connectivity index (χ2v) is 9.36. The normalized spacial score (nSPS) is 14.3. The molecule has 1 aromatic heterocycles. The van der Waals surface area contributed by atoms with E-state index in [1.54, 1.807) is 18.1 Å². The number of methoxy groups -OCH3 is 1. The fourth-order valence-corrected chi connectivity index (χ4v) is 4.93. The van der Waals surface area contributed by atoms with E-state index in [0.29, 0.717) is 36.8 Å². The van der Waals surface area contributed by atoms with Gasteiger partial charge in [-0.1, -0.05) is 60.1 Å². The van der Waals surface area contributed by atoms with Crippen molar-refractivity contribution in [3.8, 4) is 0 Å². The number of piperazine rings is 1. The predicted molar refractivity (Wildman–Crippen MR) is 139 cm³/mol. The maximum atomic E-state index is 13.6. The largest absolute Gasteiger partial charge is 0.378 e. The average molecular weight is 494 g/mol. The topological polar surface area (TPSA) is 54.8 Å². The minimum Gasteiger partial charge on any atom is -0.378 e. The molecule has 1 aliphatic rings. The lowest BCUT2D eigenvalue weighted by Gasteiger charge is -2.35. The van der Waals surface area contributed by atoms with E-state index in [-0.39, 0.29) is 23.5 Å². The van der Waals surface area contributed by atoms with Crippen molar-refractivity contribution < 1.29 is 9.53 Å². The summed E-state index contributed by atoms with van der Waals surface area (Å²) in [6.07, 6.45) is 0.686. The molecule has 0 N–H and O–H groups in total. The summed E-state index contributed by atoms with van der Waals surface area (Å²) < 4.78 is 7.47. The van der Waals surface area contributed by atoms with Crippen LogP contribution < -0.4 is 5.43 Å². The predicted octanol–water partition coefficient (Wildman–Crippen LogP) is 4.16. The van der Waals surface area contributed by atoms with Crippen LogP contribution in [0.4, 0.5) is 0 Å². The van der Waals surface area contributed by atoms with Gasteiger partial charge in [0.2, 0.25) is 0 Å². The Morgan fingerprint density at radius 1 is 1.00 bits per heavy atom. The zero-order valence-electron chi connectivity index (χ0n) is 20.4. The number of amides is 1. The summed E-state index contributed by atoms with van der Waals surface area (Å²) in [5, 5.41) is 0.712. The number of hydrogen-bond donors (Lipinski definition) is 0. The monoisotopic (exact) mass is 493 g/mol. The van der Waals surface area contributed by atoms with Crippen molar-refractivity contribution in [1.29, 1.82) is 0 Å². The van der Waals surface area contributed by atoms with Crippen LogP contribution >= 0.6 is 11.6 Å². The molecule has 1 fully saturated rings. The maximum Gasteiger partial charge on any atom is 0.259 e. The Morgan fingerprint density at radius 2 is 1.69 bits per heavy atom. The van der Waals surface area contributed by atoms with Gasteiger partial charge in [0.25, 0.3) is 5.91 Å². The summed E-state index contributed by atoms with van der Waals surface area (Å²) in [4.78, 5) is 30.8. The van der Waals surface area contributed by atoms with Crippen LogP contribution in [-0.4, -0.2) is 53.6 Å². The number of benzene rings is 2. The fraction of sp³-hybridized carbons (Fsp3) is 0.357. The van der Waals surface area contributed by atoms with Gasteiger partial charge in [-0.05, 0) is 30.5 Å². The van der Waals surface area contributed by atoms with Gasteiger partial charge in [-0.25, -0.2) is 0 Å². The van der Waals surface area contributed by atoms with Crippen molar-refractivity contribution in [2.45, 2.75) is 33.0 Å². The van der Waals surface area contributed by atoms with Crippen LogP contribution in [0, 0.1) is 6.92 Å². The Bertz CT molecular complexity index is 1220. The molecule has 0 saturated carbocycles. The molecule has 184 valence electrons. The molecular weight excluding hydrogens is 462 g/mol. The molecule has 0 spiro atoms. The van der Waals surface area contributed by atoms with Gasteiger partial charge in [-0.2, -0.15) is 0 Å². The van der Waals surface area contributed by atoms with Gasteiger partial charge in [-0.3, -0.25) is 14.5 Å². The number of hydrogen-bond acceptors (Lipinski definition) is 4. The molecule has 3 aromatic rings. The minimum absolute atomic E-state index is 0.189. The van der Waals surface area contributed by atoms with E-state index in [2.05, 4.69) is 17.0 Å². The molecule has 2 heterocycles. The van der Waals surface area contributed by atoms with E-state index in [1.165, 1.54) is 5.56 Å². The lowest BCUT2D eigenvalue weighted by molar-refractivity contribution is 0.0620. The number of carbonyl (C=O) groups is 1. The average Bonchev–Trinajstić information content (AvgIpc) is 2.86. The third kappa shape index (κ3) is 6.01. The van der Waals surface area contributed by atoms with Gasteiger partial charge in [0, 0.05) is 63.2 Å². The molecule has 1 aliphatic heterocycles. The highest BCUT2D eigenvalue weighted by molar-refractivity contribution is 6.31. The molecular formula is C28H32ClN3O3. The van der Waals surface area contributed by atoms with Gasteiger partial charge in [0.15, 0.2) is 5.43 Å². The Balaban J connectivity index is 1.53. The summed E-state index contributed by atoms with van der Waals surface area (Å²) in [5.41, 5.74) is 3.68. The van der Waals surface area contributed by atoms with Crippen LogP contribution in [0.2, 0.25) is 5.02 Å². The highest BCUT2D eigenvalue weighted by Gasteiger charge is 2.27. The first-order chi connectivity index (χ1) is 17.0. The van der Waals surface area contributed by atoms with Crippen molar-refractivity contribution >= 4 is 17.5 Å². The van der Waals surface area contributed by atoms with E-state index in [9.17, 15) is 9.59 Å². The number of aryl methyl sites for hydroxylation is 2. The number of rotatable bonds is 8. The summed E-state index contributed by atoms with van der Waals surface area (Å²) >= 11 is 6.35. The molecule has 0 bridgehead atoms. The first-order valence-corrected chi connectivity index (χ1v) is 12.4. The van der Waals surface area contributed by atoms with Crippen LogP contribution in [-0.2, 0) is 30.9 Å². The minimum atomic E-state index is -0.250. The van der Waals surface area contributed by atoms with E-state index in [1.807, 2.05) is 54.0 Å². The number of aromatic nitrogens is 1. The Kier molecular flexibility index (Phi) is 8.39. The molecule has 6 nitrogen and oxygen atoms in total. The summed E-state index contributed by atoms with van der Waals surface area (Å²) in [6, 6.07) is 19.6. The van der Waals surface area contributed by atoms with E-state index in [4.69, 9.17) is 16.3 Å². The van der Waals surface area contributed by atoms with E-state index < -0.39 is 0 Å². The Morgan fingerprint density at radius 3 is 2.37 bits per heavy atom. The summed E-state index contributed by atoms with van der Waals surface area (Å²) in [6.45, 7) is 6.25. The maximum absolute atomic E-state index is 13.6. The number of pyridine rings is 1. The van der Waals surface area contributed by atoms with Gasteiger partial charge in [0.05, 0.1) is 12.3 Å². The summed E-state index contributed by atoms with van der Waals surface area (Å²) in [7, 11) is 1.59. The molecule has 0 unspecified atom stereocenters. The molecule has 35 heavy (non-hydrogen) atoms. The van der Waals surface area contributed by atoms with Gasteiger partial charge >= 0.3 is 0 Å². The molecule has 1 amide bonds. The molecule has 1 saturated heterocycles. The van der Waals surface area contributed by atoms with Gasteiger partial charge < -0.3 is 14.2 Å². The quantitative estimate of drug-likeness (QED) is 0.473. The van der Waals surface area contributed by atoms with E-state index >= 15 is 0 Å². The highest BCUT2D eigenvalue weighted by Crippen LogP contribution is 2.19. The van der Waals surface area contributed by atoms with Crippen molar-refractivity contribution in [3.05, 3.63) is 104 Å². The third-order valence-corrected chi connectivity index (χ3v) is 6.96. The number of halogens is 1. The van der Waals surface area contributed by atoms with Crippen LogP contribution in [0.15, 0.2) is 65.5 Å². The zero-order valence-corrected chi connectivity index (χ0v) is 21.1. The van der Waals surface area contributed by atoms with Crippen molar-refractivity contribution in [2.75, 3.05) is 33.3 Å². The van der Waals surface area contributed by atoms with Gasteiger partial charge in [0.1, 0.15) is 5.56 Å². The van der Waals surface area contributed by atoms with E-state index in [0.717, 1.165) is 30.9 Å². The lowest BCUT2D eigenvalue weighted by atomic mass is 10.1. The standard InChI is InChI=1S/C28H32ClN3O3/c1-21-18-26(33)27(25(20-35-2)32(21)13-12-23-10-6-7-11-24(23)29)28(34)31-16-14-30(15-17-31)19-22-8-4-3-5-9-22/h3-11,18H,12-17,19-20H2,1-2H3. The summed E-state index contributed by atoms with van der Waals surface area (Å²) in [5.74, 6) is -0.215. The molecule has 0 radical (unpaired) electrons. The second-order valence-electron chi connectivity index (χ2n) is 8.95. The lowest BCUT2D eigenvalue weighted by Crippen LogP contribution is -2.49. The van der Waals surface area contributed by atoms with Gasteiger partial charge in [-0.15, -0.1) is 0 Å². The molecule has 0 atom stereocenters. The number of nitrogens with zero attached hydrogens (tertiary/aromatic N) is 3. The molecule has 0 aliphatic carbocycles. The number of carbonyl (C=O) groups excluding carboxylic acids is 1. The first-order valence-electron chi connectivity index (χ1n) is 12.0. The smallest absolute Gasteiger partial charge is 0.259 e. The van der Waals surface area contributed by atoms with Crippen LogP contribution in [0.5, 0.6) is 0 Å². The van der Waals surface area contributed by atoms with Crippen molar-refractivity contribution in [2.24, 2.45) is 0 Å². The second kappa shape index (κ2) is 11.7. The Labute approximate surface area is 211 Å². The number of ether oxygens (including phenoxy) is 1. The SMILES string of the molecule is COCc1c(C(=O)N2CCN(Cc3ccccc3)CC2)c(=O)cc(C)n1CCc1ccccc1Cl. The van der Waals surface area contributed by atoms with Crippen LogP contribution in [0.1, 0.15) is 32.9 Å². The fourth-order valence-electron chi connectivity index (χ4n) is 4.70. The molecule has 4 rings (SSSR count).